The second-order valence-electron chi connectivity index (χ2n) is 8.27. The highest BCUT2D eigenvalue weighted by Gasteiger charge is 2.39. The van der Waals surface area contributed by atoms with Crippen LogP contribution in [0.3, 0.4) is 0 Å². The van der Waals surface area contributed by atoms with Gasteiger partial charge in [-0.15, -0.1) is 0 Å². The number of fused-ring (bicyclic) bond motifs is 1. The number of nitrogens with one attached hydrogen (secondary N) is 1. The average Bonchev–Trinajstić information content (AvgIpc) is 3.10. The lowest BCUT2D eigenvalue weighted by Crippen LogP contribution is -2.46. The first kappa shape index (κ1) is 19.2. The summed E-state index contributed by atoms with van der Waals surface area (Å²) >= 11 is 5.98. The summed E-state index contributed by atoms with van der Waals surface area (Å²) in [5.41, 5.74) is 1.14. The average molecular weight is 393 g/mol. The first-order chi connectivity index (χ1) is 13.1. The highest BCUT2D eigenvalue weighted by atomic mass is 35.5. The molecule has 148 valence electrons. The summed E-state index contributed by atoms with van der Waals surface area (Å²) < 4.78 is 6.07. The summed E-state index contributed by atoms with van der Waals surface area (Å²) in [7, 11) is 0. The van der Waals surface area contributed by atoms with Crippen molar-refractivity contribution in [2.24, 2.45) is 5.92 Å². The summed E-state index contributed by atoms with van der Waals surface area (Å²) in [6.07, 6.45) is 5.46. The van der Waals surface area contributed by atoms with E-state index in [1.54, 1.807) is 0 Å². The molecule has 1 aliphatic carbocycles. The van der Waals surface area contributed by atoms with Gasteiger partial charge in [0, 0.05) is 30.2 Å². The number of ether oxygens (including phenoxy) is 1. The monoisotopic (exact) mass is 392 g/mol. The number of carbonyl (C=O) groups is 1. The van der Waals surface area contributed by atoms with Crippen LogP contribution in [-0.2, 0) is 9.53 Å². The number of halogens is 1. The van der Waals surface area contributed by atoms with Crippen molar-refractivity contribution >= 4 is 17.5 Å². The predicted molar refractivity (Wildman–Crippen MR) is 105 cm³/mol. The van der Waals surface area contributed by atoms with Crippen molar-refractivity contribution in [3.05, 3.63) is 34.9 Å². The Balaban J connectivity index is 1.30. The standard InChI is InChI=1S/C21H29ClN2O3/c22-16-8-6-14(7-9-16)19-12-24-11-17(10-18(24)13-27-19)23-21(26)20(25)15-4-2-1-3-5-15/h6-9,15,17-20,25H,1-5,10-13H2,(H,23,26)/t17-,18+,19-,20-/m1/s1. The smallest absolute Gasteiger partial charge is 0.249 e. The third kappa shape index (κ3) is 4.48. The van der Waals surface area contributed by atoms with Crippen LogP contribution in [-0.4, -0.2) is 53.8 Å². The van der Waals surface area contributed by atoms with Crippen LogP contribution < -0.4 is 5.32 Å². The molecule has 1 amide bonds. The van der Waals surface area contributed by atoms with Gasteiger partial charge in [0.25, 0.3) is 0 Å². The molecule has 2 aliphatic heterocycles. The molecule has 0 radical (unpaired) electrons. The highest BCUT2D eigenvalue weighted by Crippen LogP contribution is 2.31. The Morgan fingerprint density at radius 1 is 1.19 bits per heavy atom. The minimum atomic E-state index is -0.860. The molecule has 0 spiro atoms. The van der Waals surface area contributed by atoms with Crippen LogP contribution in [0.15, 0.2) is 24.3 Å². The lowest BCUT2D eigenvalue weighted by Gasteiger charge is -2.35. The lowest BCUT2D eigenvalue weighted by atomic mass is 9.85. The number of benzene rings is 1. The van der Waals surface area contributed by atoms with Gasteiger partial charge in [-0.05, 0) is 42.9 Å². The van der Waals surface area contributed by atoms with Crippen molar-refractivity contribution in [3.8, 4) is 0 Å². The largest absolute Gasteiger partial charge is 0.383 e. The number of hydrogen-bond donors (Lipinski definition) is 2. The quantitative estimate of drug-likeness (QED) is 0.827. The highest BCUT2D eigenvalue weighted by molar-refractivity contribution is 6.30. The third-order valence-electron chi connectivity index (χ3n) is 6.37. The number of amides is 1. The fourth-order valence-corrected chi connectivity index (χ4v) is 4.93. The third-order valence-corrected chi connectivity index (χ3v) is 6.62. The minimum Gasteiger partial charge on any atom is -0.383 e. The zero-order valence-corrected chi connectivity index (χ0v) is 16.4. The Kier molecular flexibility index (Phi) is 6.02. The fraction of sp³-hybridized carbons (Fsp3) is 0.667. The van der Waals surface area contributed by atoms with Crippen LogP contribution in [0.2, 0.25) is 5.02 Å². The molecular formula is C21H29ClN2O3. The molecule has 3 aliphatic rings. The number of morpholine rings is 1. The van der Waals surface area contributed by atoms with Gasteiger partial charge in [-0.3, -0.25) is 9.69 Å². The molecule has 0 aromatic heterocycles. The minimum absolute atomic E-state index is 0.0424. The normalized spacial score (nSPS) is 30.7. The molecule has 4 rings (SSSR count). The van der Waals surface area contributed by atoms with Crippen LogP contribution >= 0.6 is 11.6 Å². The van der Waals surface area contributed by atoms with E-state index in [-0.39, 0.29) is 24.0 Å². The summed E-state index contributed by atoms with van der Waals surface area (Å²) in [6.45, 7) is 2.32. The maximum atomic E-state index is 12.5. The van der Waals surface area contributed by atoms with Gasteiger partial charge >= 0.3 is 0 Å². The Morgan fingerprint density at radius 2 is 1.93 bits per heavy atom. The van der Waals surface area contributed by atoms with Crippen molar-refractivity contribution < 1.29 is 14.6 Å². The van der Waals surface area contributed by atoms with Crippen molar-refractivity contribution in [3.63, 3.8) is 0 Å². The molecule has 5 nitrogen and oxygen atoms in total. The second-order valence-corrected chi connectivity index (χ2v) is 8.70. The molecule has 27 heavy (non-hydrogen) atoms. The predicted octanol–water partition coefficient (Wildman–Crippen LogP) is 2.91. The van der Waals surface area contributed by atoms with Gasteiger partial charge in [-0.25, -0.2) is 0 Å². The molecule has 2 N–H and O–H groups in total. The summed E-state index contributed by atoms with van der Waals surface area (Å²) in [4.78, 5) is 14.9. The van der Waals surface area contributed by atoms with Crippen molar-refractivity contribution in [1.29, 1.82) is 0 Å². The number of carbonyl (C=O) groups excluding carboxylic acids is 1. The first-order valence-corrected chi connectivity index (χ1v) is 10.6. The van der Waals surface area contributed by atoms with Gasteiger partial charge in [-0.1, -0.05) is 43.0 Å². The molecule has 2 saturated heterocycles. The van der Waals surface area contributed by atoms with E-state index in [0.29, 0.717) is 12.6 Å². The molecule has 6 heteroatoms. The maximum Gasteiger partial charge on any atom is 0.249 e. The van der Waals surface area contributed by atoms with Crippen LogP contribution in [0.5, 0.6) is 0 Å². The molecular weight excluding hydrogens is 364 g/mol. The molecule has 0 unspecified atom stereocenters. The van der Waals surface area contributed by atoms with E-state index in [1.807, 2.05) is 24.3 Å². The van der Waals surface area contributed by atoms with Crippen molar-refractivity contribution in [1.82, 2.24) is 10.2 Å². The Hall–Kier alpha value is -1.14. The number of nitrogens with zero attached hydrogens (tertiary/aromatic N) is 1. The van der Waals surface area contributed by atoms with E-state index in [0.717, 1.165) is 55.8 Å². The van der Waals surface area contributed by atoms with Gasteiger partial charge in [0.1, 0.15) is 6.10 Å². The van der Waals surface area contributed by atoms with Crippen molar-refractivity contribution in [2.75, 3.05) is 19.7 Å². The van der Waals surface area contributed by atoms with Gasteiger partial charge in [0.15, 0.2) is 0 Å². The summed E-state index contributed by atoms with van der Waals surface area (Å²) in [5.74, 6) is -0.0673. The van der Waals surface area contributed by atoms with Crippen LogP contribution in [0, 0.1) is 5.92 Å². The van der Waals surface area contributed by atoms with Gasteiger partial charge < -0.3 is 15.2 Å². The lowest BCUT2D eigenvalue weighted by molar-refractivity contribution is -0.133. The van der Waals surface area contributed by atoms with E-state index < -0.39 is 6.10 Å². The SMILES string of the molecule is O=C(N[C@@H]1C[C@H]2CO[C@@H](c3ccc(Cl)cc3)CN2C1)[C@H](O)C1CCCCC1. The number of hydrogen-bond acceptors (Lipinski definition) is 4. The van der Waals surface area contributed by atoms with E-state index in [1.165, 1.54) is 6.42 Å². The van der Waals surface area contributed by atoms with Crippen LogP contribution in [0.1, 0.15) is 50.2 Å². The van der Waals surface area contributed by atoms with E-state index in [2.05, 4.69) is 10.2 Å². The number of rotatable bonds is 4. The van der Waals surface area contributed by atoms with Gasteiger partial charge in [-0.2, -0.15) is 0 Å². The maximum absolute atomic E-state index is 12.5. The molecule has 1 aromatic carbocycles. The van der Waals surface area contributed by atoms with E-state index in [4.69, 9.17) is 16.3 Å². The van der Waals surface area contributed by atoms with Crippen molar-refractivity contribution in [2.45, 2.75) is 62.8 Å². The Bertz CT molecular complexity index is 647. The number of aliphatic hydroxyl groups is 1. The fourth-order valence-electron chi connectivity index (χ4n) is 4.81. The molecule has 2 heterocycles. The van der Waals surface area contributed by atoms with Gasteiger partial charge in [0.2, 0.25) is 5.91 Å². The topological polar surface area (TPSA) is 61.8 Å². The van der Waals surface area contributed by atoms with Crippen LogP contribution in [0.25, 0.3) is 0 Å². The molecule has 1 aromatic rings. The zero-order valence-electron chi connectivity index (χ0n) is 15.6. The first-order valence-electron chi connectivity index (χ1n) is 10.2. The Labute approximate surface area is 166 Å². The second kappa shape index (κ2) is 8.48. The van der Waals surface area contributed by atoms with Gasteiger partial charge in [0.05, 0.1) is 12.7 Å². The molecule has 4 atom stereocenters. The molecule has 3 fully saturated rings. The summed E-state index contributed by atoms with van der Waals surface area (Å²) in [6, 6.07) is 8.25. The number of aliphatic hydroxyl groups excluding tert-OH is 1. The van der Waals surface area contributed by atoms with E-state index >= 15 is 0 Å². The molecule has 1 saturated carbocycles. The van der Waals surface area contributed by atoms with E-state index in [9.17, 15) is 9.90 Å². The summed E-state index contributed by atoms with van der Waals surface area (Å²) in [5, 5.41) is 14.2. The Morgan fingerprint density at radius 3 is 2.67 bits per heavy atom. The molecule has 0 bridgehead atoms. The van der Waals surface area contributed by atoms with Crippen LogP contribution in [0.4, 0.5) is 0 Å². The zero-order chi connectivity index (χ0) is 18.8.